The van der Waals surface area contributed by atoms with E-state index >= 15 is 0 Å². The molecule has 0 aliphatic rings. The number of aromatic nitrogens is 1. The maximum absolute atomic E-state index is 13.4. The minimum Gasteiger partial charge on any atom is -0.497 e. The lowest BCUT2D eigenvalue weighted by atomic mass is 10.1. The van der Waals surface area contributed by atoms with Crippen molar-refractivity contribution in [3.05, 3.63) is 65.9 Å². The summed E-state index contributed by atoms with van der Waals surface area (Å²) >= 11 is 0. The molecular formula is C27H35N3O3. The first-order chi connectivity index (χ1) is 16.0. The Kier molecular flexibility index (Phi) is 8.93. The molecule has 0 saturated carbocycles. The molecular weight excluding hydrogens is 414 g/mol. The summed E-state index contributed by atoms with van der Waals surface area (Å²) < 4.78 is 5.26. The highest BCUT2D eigenvalue weighted by Gasteiger charge is 2.21. The highest BCUT2D eigenvalue weighted by Crippen LogP contribution is 2.19. The van der Waals surface area contributed by atoms with Crippen LogP contribution in [0.5, 0.6) is 5.75 Å². The molecule has 0 saturated heterocycles. The first-order valence-electron chi connectivity index (χ1n) is 11.8. The molecule has 2 aromatic carbocycles. The molecule has 0 atom stereocenters. The Balaban J connectivity index is 1.76. The van der Waals surface area contributed by atoms with Gasteiger partial charge in [-0.15, -0.1) is 0 Å². The quantitative estimate of drug-likeness (QED) is 0.432. The van der Waals surface area contributed by atoms with Gasteiger partial charge in [0.05, 0.1) is 13.7 Å². The van der Waals surface area contributed by atoms with Gasteiger partial charge in [0, 0.05) is 43.2 Å². The summed E-state index contributed by atoms with van der Waals surface area (Å²) in [4.78, 5) is 32.7. The first kappa shape index (κ1) is 24.4. The number of fused-ring (bicyclic) bond motifs is 1. The predicted octanol–water partition coefficient (Wildman–Crippen LogP) is 4.79. The Morgan fingerprint density at radius 2 is 1.70 bits per heavy atom. The van der Waals surface area contributed by atoms with E-state index in [4.69, 9.17) is 4.74 Å². The van der Waals surface area contributed by atoms with E-state index in [0.29, 0.717) is 26.1 Å². The van der Waals surface area contributed by atoms with Crippen molar-refractivity contribution in [2.75, 3.05) is 26.7 Å². The smallest absolute Gasteiger partial charge is 0.242 e. The van der Waals surface area contributed by atoms with Gasteiger partial charge in [-0.25, -0.2) is 0 Å². The minimum absolute atomic E-state index is 0.0245. The van der Waals surface area contributed by atoms with E-state index in [1.165, 1.54) is 10.9 Å². The molecule has 3 rings (SSSR count). The summed E-state index contributed by atoms with van der Waals surface area (Å²) in [7, 11) is 1.64. The molecule has 0 unspecified atom stereocenters. The number of H-pyrrole nitrogens is 1. The maximum Gasteiger partial charge on any atom is 0.242 e. The van der Waals surface area contributed by atoms with Gasteiger partial charge in [-0.05, 0) is 42.2 Å². The van der Waals surface area contributed by atoms with Gasteiger partial charge >= 0.3 is 0 Å². The zero-order valence-electron chi connectivity index (χ0n) is 20.0. The van der Waals surface area contributed by atoms with Crippen molar-refractivity contribution in [3.63, 3.8) is 0 Å². The fraction of sp³-hybridized carbons (Fsp3) is 0.407. The van der Waals surface area contributed by atoms with Crippen LogP contribution in [0.4, 0.5) is 0 Å². The van der Waals surface area contributed by atoms with Crippen LogP contribution >= 0.6 is 0 Å². The second-order valence-corrected chi connectivity index (χ2v) is 8.30. The Morgan fingerprint density at radius 1 is 0.939 bits per heavy atom. The molecule has 1 N–H and O–H groups in total. The molecule has 33 heavy (non-hydrogen) atoms. The van der Waals surface area contributed by atoms with Crippen LogP contribution in [0, 0.1) is 0 Å². The number of hydrogen-bond acceptors (Lipinski definition) is 3. The van der Waals surface area contributed by atoms with Gasteiger partial charge in [-0.2, -0.15) is 0 Å². The van der Waals surface area contributed by atoms with Crippen molar-refractivity contribution in [3.8, 4) is 5.75 Å². The Morgan fingerprint density at radius 3 is 2.39 bits per heavy atom. The Hall–Kier alpha value is -3.28. The van der Waals surface area contributed by atoms with E-state index in [1.54, 1.807) is 12.0 Å². The average Bonchev–Trinajstić information content (AvgIpc) is 3.27. The molecule has 0 aliphatic heterocycles. The van der Waals surface area contributed by atoms with Crippen LogP contribution in [0.3, 0.4) is 0 Å². The standard InChI is InChI=1S/C27H35N3O3/c1-4-6-16-29(26(31)5-2)20-27(32)30(19-21-11-13-23(33-3)14-12-21)17-15-22-18-28-25-10-8-7-9-24(22)25/h7-14,18,28H,4-6,15-17,19-20H2,1-3H3. The number of unbranched alkanes of at least 4 members (excludes halogenated alkanes) is 1. The molecule has 1 heterocycles. The zero-order chi connectivity index (χ0) is 23.6. The number of para-hydroxylation sites is 1. The van der Waals surface area contributed by atoms with Crippen LogP contribution in [0.15, 0.2) is 54.7 Å². The lowest BCUT2D eigenvalue weighted by molar-refractivity contribution is -0.140. The topological polar surface area (TPSA) is 65.6 Å². The number of aromatic amines is 1. The molecule has 6 nitrogen and oxygen atoms in total. The number of nitrogens with zero attached hydrogens (tertiary/aromatic N) is 2. The Labute approximate surface area is 196 Å². The number of hydrogen-bond donors (Lipinski definition) is 1. The molecule has 0 aliphatic carbocycles. The number of nitrogens with one attached hydrogen (secondary N) is 1. The van der Waals surface area contributed by atoms with Crippen LogP contribution in [-0.2, 0) is 22.6 Å². The van der Waals surface area contributed by atoms with Crippen molar-refractivity contribution in [1.29, 1.82) is 0 Å². The van der Waals surface area contributed by atoms with Crippen LogP contribution in [0.2, 0.25) is 0 Å². The second-order valence-electron chi connectivity index (χ2n) is 8.30. The lowest BCUT2D eigenvalue weighted by Gasteiger charge is -2.28. The van der Waals surface area contributed by atoms with Crippen molar-refractivity contribution in [2.24, 2.45) is 0 Å². The van der Waals surface area contributed by atoms with E-state index in [9.17, 15) is 9.59 Å². The zero-order valence-corrected chi connectivity index (χ0v) is 20.0. The number of ether oxygens (including phenoxy) is 1. The molecule has 0 radical (unpaired) electrons. The predicted molar refractivity (Wildman–Crippen MR) is 132 cm³/mol. The van der Waals surface area contributed by atoms with Crippen LogP contribution in [-0.4, -0.2) is 53.3 Å². The summed E-state index contributed by atoms with van der Waals surface area (Å²) in [6.07, 6.45) is 5.05. The highest BCUT2D eigenvalue weighted by atomic mass is 16.5. The molecule has 6 heteroatoms. The van der Waals surface area contributed by atoms with E-state index in [-0.39, 0.29) is 18.4 Å². The van der Waals surface area contributed by atoms with Gasteiger partial charge in [-0.1, -0.05) is 50.6 Å². The van der Waals surface area contributed by atoms with E-state index < -0.39 is 0 Å². The molecule has 2 amide bonds. The molecule has 176 valence electrons. The third-order valence-corrected chi connectivity index (χ3v) is 5.97. The molecule has 0 spiro atoms. The van der Waals surface area contributed by atoms with Gasteiger partial charge < -0.3 is 19.5 Å². The summed E-state index contributed by atoms with van der Waals surface area (Å²) in [5, 5.41) is 1.18. The monoisotopic (exact) mass is 449 g/mol. The molecule has 0 fully saturated rings. The number of amides is 2. The van der Waals surface area contributed by atoms with Crippen molar-refractivity contribution >= 4 is 22.7 Å². The minimum atomic E-state index is -0.0245. The fourth-order valence-electron chi connectivity index (χ4n) is 3.96. The second kappa shape index (κ2) is 12.1. The highest BCUT2D eigenvalue weighted by molar-refractivity contribution is 5.85. The average molecular weight is 450 g/mol. The van der Waals surface area contributed by atoms with Crippen LogP contribution in [0.25, 0.3) is 10.9 Å². The largest absolute Gasteiger partial charge is 0.497 e. The van der Waals surface area contributed by atoms with Gasteiger partial charge in [0.1, 0.15) is 5.75 Å². The summed E-state index contributed by atoms with van der Waals surface area (Å²) in [6.45, 7) is 5.75. The number of carbonyl (C=O) groups is 2. The molecule has 0 bridgehead atoms. The number of methoxy groups -OCH3 is 1. The van der Waals surface area contributed by atoms with Gasteiger partial charge in [0.25, 0.3) is 0 Å². The van der Waals surface area contributed by atoms with Gasteiger partial charge in [0.15, 0.2) is 0 Å². The third-order valence-electron chi connectivity index (χ3n) is 5.97. The van der Waals surface area contributed by atoms with Gasteiger partial charge in [0.2, 0.25) is 11.8 Å². The van der Waals surface area contributed by atoms with Crippen molar-refractivity contribution < 1.29 is 14.3 Å². The SMILES string of the molecule is CCCCN(CC(=O)N(CCc1c[nH]c2ccccc12)Cc1ccc(OC)cc1)C(=O)CC. The first-order valence-corrected chi connectivity index (χ1v) is 11.8. The number of rotatable bonds is 12. The lowest BCUT2D eigenvalue weighted by Crippen LogP contribution is -2.43. The third kappa shape index (κ3) is 6.60. The Bertz CT molecular complexity index is 1040. The van der Waals surface area contributed by atoms with E-state index in [0.717, 1.165) is 36.1 Å². The van der Waals surface area contributed by atoms with E-state index in [1.807, 2.05) is 54.4 Å². The summed E-state index contributed by atoms with van der Waals surface area (Å²) in [5.74, 6) is 0.788. The molecule has 1 aromatic heterocycles. The van der Waals surface area contributed by atoms with Crippen molar-refractivity contribution in [2.45, 2.75) is 46.1 Å². The summed E-state index contributed by atoms with van der Waals surface area (Å²) in [6, 6.07) is 16.0. The fourth-order valence-corrected chi connectivity index (χ4v) is 3.96. The van der Waals surface area contributed by atoms with Crippen LogP contribution < -0.4 is 4.74 Å². The normalized spacial score (nSPS) is 10.9. The summed E-state index contributed by atoms with van der Waals surface area (Å²) in [5.41, 5.74) is 3.32. The van der Waals surface area contributed by atoms with Crippen molar-refractivity contribution in [1.82, 2.24) is 14.8 Å². The maximum atomic E-state index is 13.4. The van der Waals surface area contributed by atoms with E-state index in [2.05, 4.69) is 24.0 Å². The van der Waals surface area contributed by atoms with Crippen LogP contribution in [0.1, 0.15) is 44.2 Å². The van der Waals surface area contributed by atoms with Gasteiger partial charge in [-0.3, -0.25) is 9.59 Å². The number of carbonyl (C=O) groups excluding carboxylic acids is 2. The molecule has 3 aromatic rings. The number of benzene rings is 2.